The van der Waals surface area contributed by atoms with Crippen LogP contribution < -0.4 is 4.74 Å². The van der Waals surface area contributed by atoms with Gasteiger partial charge in [-0.15, -0.1) is 0 Å². The SMILES string of the molecule is CCOC(=O)C[C@@H](COc1ccc(C(CC)(CC)c2ccc(/C=C/C(OCOC)(C(F)(F)F)C(F)(F)F)c(C)c2)cc1C)O[Si](C)(C)C(C)(C)C. The lowest BCUT2D eigenvalue weighted by molar-refractivity contribution is -0.372. The maximum Gasteiger partial charge on any atom is 0.430 e. The topological polar surface area (TPSA) is 63.2 Å². The van der Waals surface area contributed by atoms with Crippen molar-refractivity contribution >= 4 is 20.4 Å². The largest absolute Gasteiger partial charge is 0.491 e. The molecule has 51 heavy (non-hydrogen) atoms. The Bertz CT molecular complexity index is 1460. The minimum Gasteiger partial charge on any atom is -0.491 e. The molecule has 0 N–H and O–H groups in total. The second-order valence-corrected chi connectivity index (χ2v) is 19.0. The monoisotopic (exact) mass is 748 g/mol. The van der Waals surface area contributed by atoms with Gasteiger partial charge in [0.05, 0.1) is 19.1 Å². The molecule has 0 fully saturated rings. The van der Waals surface area contributed by atoms with Gasteiger partial charge in [0.25, 0.3) is 5.60 Å². The Morgan fingerprint density at radius 3 is 1.86 bits per heavy atom. The molecule has 0 aliphatic heterocycles. The van der Waals surface area contributed by atoms with Crippen LogP contribution in [0.2, 0.25) is 18.1 Å². The Morgan fingerprint density at radius 1 is 0.863 bits per heavy atom. The zero-order valence-electron chi connectivity index (χ0n) is 31.7. The predicted molar refractivity (Wildman–Crippen MR) is 189 cm³/mol. The molecule has 288 valence electrons. The highest BCUT2D eigenvalue weighted by atomic mass is 28.4. The van der Waals surface area contributed by atoms with Crippen molar-refractivity contribution in [1.82, 2.24) is 0 Å². The highest BCUT2D eigenvalue weighted by Gasteiger charge is 2.71. The zero-order valence-corrected chi connectivity index (χ0v) is 32.7. The van der Waals surface area contributed by atoms with Gasteiger partial charge in [-0.25, -0.2) is 0 Å². The number of halogens is 6. The molecule has 1 atom stereocenters. The molecule has 0 radical (unpaired) electrons. The number of methoxy groups -OCH3 is 1. The summed E-state index contributed by atoms with van der Waals surface area (Å²) >= 11 is 0. The van der Waals surface area contributed by atoms with Crippen LogP contribution in [0.25, 0.3) is 6.08 Å². The predicted octanol–water partition coefficient (Wildman–Crippen LogP) is 10.6. The fraction of sp³-hybridized carbons (Fsp3) is 0.605. The fourth-order valence-corrected chi connectivity index (χ4v) is 7.08. The number of esters is 1. The summed E-state index contributed by atoms with van der Waals surface area (Å²) in [5.41, 5.74) is -1.71. The summed E-state index contributed by atoms with van der Waals surface area (Å²) in [6.07, 6.45) is -9.92. The van der Waals surface area contributed by atoms with E-state index in [4.69, 9.17) is 13.9 Å². The average molecular weight is 749 g/mol. The van der Waals surface area contributed by atoms with Gasteiger partial charge in [-0.2, -0.15) is 26.3 Å². The third-order valence-electron chi connectivity index (χ3n) is 9.89. The Hall–Kier alpha value is -2.87. The summed E-state index contributed by atoms with van der Waals surface area (Å²) in [5, 5.41) is -0.0802. The summed E-state index contributed by atoms with van der Waals surface area (Å²) in [5.74, 6) is 0.265. The van der Waals surface area contributed by atoms with E-state index < -0.39 is 44.6 Å². The van der Waals surface area contributed by atoms with Crippen molar-refractivity contribution in [3.63, 3.8) is 0 Å². The van der Waals surface area contributed by atoms with E-state index in [0.29, 0.717) is 24.2 Å². The Morgan fingerprint density at radius 2 is 1.41 bits per heavy atom. The molecule has 6 nitrogen and oxygen atoms in total. The number of aryl methyl sites for hydroxylation is 2. The van der Waals surface area contributed by atoms with E-state index in [2.05, 4.69) is 43.3 Å². The standard InChI is InChI=1S/C38H54F6O6Si/c1-12-35(13-2,29-16-15-28(26(4)21-29)19-20-36(37(39,40)41,38(42,43)44)49-25-46-9)30-17-18-32(27(5)22-30)48-24-31(23-33(45)47-14-3)50-51(10,11)34(6,7)8/h15-22,31H,12-14,23-25H2,1-11H3/b20-19+/t31-/m0/s1. The number of benzene rings is 2. The van der Waals surface area contributed by atoms with Crippen LogP contribution in [0.1, 0.15) is 88.6 Å². The first-order chi connectivity index (χ1) is 23.4. The molecule has 0 saturated carbocycles. The highest BCUT2D eigenvalue weighted by Crippen LogP contribution is 2.48. The molecule has 0 aromatic heterocycles. The molecule has 2 rings (SSSR count). The number of ether oxygens (including phenoxy) is 4. The quantitative estimate of drug-likeness (QED) is 0.0695. The second-order valence-electron chi connectivity index (χ2n) is 14.3. The number of hydrogen-bond acceptors (Lipinski definition) is 6. The normalized spacial score (nSPS) is 14.2. The van der Waals surface area contributed by atoms with Gasteiger partial charge in [-0.05, 0) is 91.7 Å². The van der Waals surface area contributed by atoms with Crippen molar-refractivity contribution in [3.05, 3.63) is 70.3 Å². The van der Waals surface area contributed by atoms with Crippen molar-refractivity contribution in [2.75, 3.05) is 27.1 Å². The van der Waals surface area contributed by atoms with Gasteiger partial charge in [0.2, 0.25) is 0 Å². The van der Waals surface area contributed by atoms with E-state index >= 15 is 0 Å². The molecule has 13 heteroatoms. The van der Waals surface area contributed by atoms with E-state index in [1.54, 1.807) is 26.0 Å². The third kappa shape index (κ3) is 10.4. The molecule has 2 aromatic rings. The second kappa shape index (κ2) is 17.3. The van der Waals surface area contributed by atoms with Gasteiger partial charge in [0.15, 0.2) is 8.32 Å². The zero-order chi connectivity index (χ0) is 39.1. The lowest BCUT2D eigenvalue weighted by Crippen LogP contribution is -2.57. The Labute approximate surface area is 300 Å². The van der Waals surface area contributed by atoms with Crippen LogP contribution in [-0.4, -0.2) is 65.5 Å². The van der Waals surface area contributed by atoms with Gasteiger partial charge < -0.3 is 23.4 Å². The number of alkyl halides is 6. The molecule has 0 aliphatic rings. The molecule has 0 unspecified atom stereocenters. The molecule has 0 heterocycles. The minimum absolute atomic E-state index is 0.00235. The Kier molecular flexibility index (Phi) is 15.0. The third-order valence-corrected chi connectivity index (χ3v) is 14.4. The number of carbonyl (C=O) groups excluding carboxylic acids is 1. The Balaban J connectivity index is 2.46. The van der Waals surface area contributed by atoms with Gasteiger partial charge in [0.1, 0.15) is 19.1 Å². The maximum absolute atomic E-state index is 13.8. The molecule has 0 amide bonds. The number of rotatable bonds is 17. The minimum atomic E-state index is -5.79. The van der Waals surface area contributed by atoms with Gasteiger partial charge in [-0.1, -0.05) is 71.0 Å². The van der Waals surface area contributed by atoms with E-state index in [1.165, 1.54) is 6.07 Å². The molecule has 2 aromatic carbocycles. The van der Waals surface area contributed by atoms with Crippen molar-refractivity contribution < 1.29 is 54.5 Å². The molecule has 0 saturated heterocycles. The summed E-state index contributed by atoms with van der Waals surface area (Å²) in [6.45, 7) is 19.2. The fourth-order valence-electron chi connectivity index (χ4n) is 5.74. The number of hydrogen-bond donors (Lipinski definition) is 0. The van der Waals surface area contributed by atoms with Crippen LogP contribution in [0.5, 0.6) is 5.75 Å². The number of carbonyl (C=O) groups is 1. The van der Waals surface area contributed by atoms with Crippen molar-refractivity contribution in [2.45, 2.75) is 122 Å². The van der Waals surface area contributed by atoms with E-state index in [0.717, 1.165) is 29.9 Å². The molecule has 0 aliphatic carbocycles. The highest BCUT2D eigenvalue weighted by molar-refractivity contribution is 6.74. The first-order valence-electron chi connectivity index (χ1n) is 17.1. The molecule has 0 bridgehead atoms. The van der Waals surface area contributed by atoms with Gasteiger partial charge in [0, 0.05) is 12.5 Å². The van der Waals surface area contributed by atoms with E-state index in [-0.39, 0.29) is 42.3 Å². The lowest BCUT2D eigenvalue weighted by atomic mass is 9.70. The summed E-state index contributed by atoms with van der Waals surface area (Å²) in [4.78, 5) is 12.4. The van der Waals surface area contributed by atoms with Gasteiger partial charge in [-0.3, -0.25) is 4.79 Å². The van der Waals surface area contributed by atoms with Gasteiger partial charge >= 0.3 is 18.3 Å². The van der Waals surface area contributed by atoms with Crippen LogP contribution in [0.3, 0.4) is 0 Å². The van der Waals surface area contributed by atoms with Crippen molar-refractivity contribution in [3.8, 4) is 5.75 Å². The van der Waals surface area contributed by atoms with E-state index in [1.807, 2.05) is 39.0 Å². The molecule has 0 spiro atoms. The van der Waals surface area contributed by atoms with Crippen molar-refractivity contribution in [2.24, 2.45) is 0 Å². The van der Waals surface area contributed by atoms with Crippen LogP contribution >= 0.6 is 0 Å². The van der Waals surface area contributed by atoms with Crippen LogP contribution in [-0.2, 0) is 28.8 Å². The van der Waals surface area contributed by atoms with Crippen LogP contribution in [0, 0.1) is 13.8 Å². The lowest BCUT2D eigenvalue weighted by Gasteiger charge is -2.39. The van der Waals surface area contributed by atoms with Crippen molar-refractivity contribution in [1.29, 1.82) is 0 Å². The molecular formula is C38H54F6O6Si. The summed E-state index contributed by atoms with van der Waals surface area (Å²) < 4.78 is 110. The van der Waals surface area contributed by atoms with E-state index in [9.17, 15) is 31.1 Å². The van der Waals surface area contributed by atoms with Crippen LogP contribution in [0.4, 0.5) is 26.3 Å². The van der Waals surface area contributed by atoms with Crippen LogP contribution in [0.15, 0.2) is 42.5 Å². The smallest absolute Gasteiger partial charge is 0.430 e. The summed E-state index contributed by atoms with van der Waals surface area (Å²) in [6, 6.07) is 10.9. The molecular weight excluding hydrogens is 694 g/mol. The average Bonchev–Trinajstić information content (AvgIpc) is 3.00. The maximum atomic E-state index is 13.8. The first-order valence-corrected chi connectivity index (χ1v) is 20.0. The summed E-state index contributed by atoms with van der Waals surface area (Å²) in [7, 11) is -1.30. The first kappa shape index (κ1) is 44.3.